The fourth-order valence-electron chi connectivity index (χ4n) is 2.86. The quantitative estimate of drug-likeness (QED) is 0.613. The van der Waals surface area contributed by atoms with Gasteiger partial charge in [-0.1, -0.05) is 17.4 Å². The minimum absolute atomic E-state index is 0.702. The largest absolute Gasteiger partial charge is 0.282 e. The monoisotopic (exact) mass is 309 g/mol. The van der Waals surface area contributed by atoms with E-state index >= 15 is 0 Å². The van der Waals surface area contributed by atoms with Gasteiger partial charge in [0.25, 0.3) is 0 Å². The molecule has 108 valence electrons. The van der Waals surface area contributed by atoms with Crippen molar-refractivity contribution in [3.63, 3.8) is 0 Å². The van der Waals surface area contributed by atoms with Crippen molar-refractivity contribution in [2.75, 3.05) is 0 Å². The molecule has 0 spiro atoms. The lowest BCUT2D eigenvalue weighted by molar-refractivity contribution is 0.859. The zero-order valence-corrected chi connectivity index (χ0v) is 12.3. The van der Waals surface area contributed by atoms with Gasteiger partial charge in [-0.25, -0.2) is 0 Å². The third-order valence-electron chi connectivity index (χ3n) is 3.89. The summed E-state index contributed by atoms with van der Waals surface area (Å²) in [6, 6.07) is 5.78. The Morgan fingerprint density at radius 2 is 2.18 bits per heavy atom. The SMILES string of the molecule is c1ccc(-c2nn3c(-c4n[nH]c5c4CCC5)nnc3s2)nc1. The van der Waals surface area contributed by atoms with Crippen LogP contribution >= 0.6 is 11.3 Å². The molecule has 0 amide bonds. The van der Waals surface area contributed by atoms with E-state index in [4.69, 9.17) is 0 Å². The second kappa shape index (κ2) is 4.44. The number of nitrogens with one attached hydrogen (secondary N) is 1. The molecule has 8 heteroatoms. The van der Waals surface area contributed by atoms with Gasteiger partial charge < -0.3 is 0 Å². The Morgan fingerprint density at radius 1 is 1.18 bits per heavy atom. The van der Waals surface area contributed by atoms with E-state index in [9.17, 15) is 0 Å². The van der Waals surface area contributed by atoms with Crippen molar-refractivity contribution >= 4 is 16.3 Å². The molecule has 1 N–H and O–H groups in total. The third kappa shape index (κ3) is 1.64. The minimum Gasteiger partial charge on any atom is -0.282 e. The highest BCUT2D eigenvalue weighted by Crippen LogP contribution is 2.31. The molecule has 0 radical (unpaired) electrons. The van der Waals surface area contributed by atoms with Crippen molar-refractivity contribution in [1.82, 2.24) is 35.0 Å². The Morgan fingerprint density at radius 3 is 3.09 bits per heavy atom. The molecule has 1 aliphatic carbocycles. The molecule has 0 fully saturated rings. The lowest BCUT2D eigenvalue weighted by Gasteiger charge is -1.95. The number of hydrogen-bond acceptors (Lipinski definition) is 6. The Balaban J connectivity index is 1.68. The van der Waals surface area contributed by atoms with Crippen LogP contribution in [0.25, 0.3) is 27.2 Å². The Labute approximate surface area is 129 Å². The van der Waals surface area contributed by atoms with Crippen molar-refractivity contribution in [2.45, 2.75) is 19.3 Å². The van der Waals surface area contributed by atoms with Crippen molar-refractivity contribution in [1.29, 1.82) is 0 Å². The number of H-pyrrole nitrogens is 1. The summed E-state index contributed by atoms with van der Waals surface area (Å²) in [4.78, 5) is 5.09. The van der Waals surface area contributed by atoms with Gasteiger partial charge in [0.1, 0.15) is 11.4 Å². The van der Waals surface area contributed by atoms with Gasteiger partial charge in [-0.3, -0.25) is 10.1 Å². The van der Waals surface area contributed by atoms with Gasteiger partial charge in [-0.15, -0.1) is 10.2 Å². The Kier molecular flexibility index (Phi) is 2.42. The highest BCUT2D eigenvalue weighted by atomic mass is 32.1. The van der Waals surface area contributed by atoms with Gasteiger partial charge >= 0.3 is 0 Å². The second-order valence-corrected chi connectivity index (χ2v) is 6.18. The minimum atomic E-state index is 0.702. The van der Waals surface area contributed by atoms with E-state index in [1.54, 1.807) is 10.7 Å². The van der Waals surface area contributed by atoms with E-state index in [0.29, 0.717) is 5.82 Å². The standard InChI is InChI=1S/C14H11N7S/c1-2-7-15-10(5-1)13-20-21-12(18-19-14(21)22-13)11-8-4-3-6-9(8)16-17-11/h1-2,5,7H,3-4,6H2,(H,16,17). The molecule has 0 unspecified atom stereocenters. The third-order valence-corrected chi connectivity index (χ3v) is 4.81. The van der Waals surface area contributed by atoms with Crippen LogP contribution < -0.4 is 0 Å². The molecule has 0 saturated heterocycles. The summed E-state index contributed by atoms with van der Waals surface area (Å²) < 4.78 is 1.77. The molecule has 4 heterocycles. The number of aromatic amines is 1. The Bertz CT molecular complexity index is 966. The molecule has 4 aromatic heterocycles. The lowest BCUT2D eigenvalue weighted by Crippen LogP contribution is -1.94. The van der Waals surface area contributed by atoms with E-state index in [0.717, 1.165) is 40.6 Å². The lowest BCUT2D eigenvalue weighted by atomic mass is 10.2. The average Bonchev–Trinajstić information content (AvgIpc) is 3.28. The second-order valence-electron chi connectivity index (χ2n) is 5.22. The average molecular weight is 309 g/mol. The zero-order valence-electron chi connectivity index (χ0n) is 11.5. The molecule has 22 heavy (non-hydrogen) atoms. The Hall–Kier alpha value is -2.61. The summed E-state index contributed by atoms with van der Waals surface area (Å²) in [6.07, 6.45) is 5.02. The smallest absolute Gasteiger partial charge is 0.235 e. The maximum absolute atomic E-state index is 4.62. The molecular formula is C14H11N7S. The van der Waals surface area contributed by atoms with Crippen molar-refractivity contribution in [3.8, 4) is 22.2 Å². The summed E-state index contributed by atoms with van der Waals surface area (Å²) in [5.41, 5.74) is 4.18. The van der Waals surface area contributed by atoms with Gasteiger partial charge in [0, 0.05) is 17.5 Å². The number of nitrogens with zero attached hydrogens (tertiary/aromatic N) is 6. The highest BCUT2D eigenvalue weighted by Gasteiger charge is 2.24. The molecule has 0 aliphatic heterocycles. The summed E-state index contributed by atoms with van der Waals surface area (Å²) in [5, 5.41) is 21.5. The summed E-state index contributed by atoms with van der Waals surface area (Å²) in [7, 11) is 0. The molecule has 4 aromatic rings. The molecule has 7 nitrogen and oxygen atoms in total. The van der Waals surface area contributed by atoms with Crippen molar-refractivity contribution in [3.05, 3.63) is 35.7 Å². The van der Waals surface area contributed by atoms with E-state index in [1.807, 2.05) is 18.2 Å². The zero-order chi connectivity index (χ0) is 14.5. The van der Waals surface area contributed by atoms with Gasteiger partial charge in [-0.2, -0.15) is 14.7 Å². The van der Waals surface area contributed by atoms with Gasteiger partial charge in [-0.05, 0) is 31.4 Å². The van der Waals surface area contributed by atoms with Gasteiger partial charge in [0.2, 0.25) is 10.8 Å². The molecule has 0 aromatic carbocycles. The van der Waals surface area contributed by atoms with E-state index in [2.05, 4.69) is 30.5 Å². The van der Waals surface area contributed by atoms with Crippen LogP contribution in [0.5, 0.6) is 0 Å². The molecule has 5 rings (SSSR count). The van der Waals surface area contributed by atoms with Crippen LogP contribution in [0.4, 0.5) is 0 Å². The number of hydrogen-bond donors (Lipinski definition) is 1. The maximum Gasteiger partial charge on any atom is 0.235 e. The van der Waals surface area contributed by atoms with Crippen LogP contribution in [0.1, 0.15) is 17.7 Å². The molecule has 0 atom stereocenters. The van der Waals surface area contributed by atoms with Crippen LogP contribution in [0.2, 0.25) is 0 Å². The van der Waals surface area contributed by atoms with Crippen LogP contribution in [0, 0.1) is 0 Å². The number of aromatic nitrogens is 7. The van der Waals surface area contributed by atoms with E-state index in [1.165, 1.54) is 22.6 Å². The van der Waals surface area contributed by atoms with E-state index < -0.39 is 0 Å². The summed E-state index contributed by atoms with van der Waals surface area (Å²) in [6.45, 7) is 0. The first-order valence-corrected chi connectivity index (χ1v) is 7.92. The van der Waals surface area contributed by atoms with Gasteiger partial charge in [0.05, 0.1) is 0 Å². The first-order valence-electron chi connectivity index (χ1n) is 7.10. The van der Waals surface area contributed by atoms with Gasteiger partial charge in [0.15, 0.2) is 5.01 Å². The number of pyridine rings is 1. The molecule has 0 saturated carbocycles. The van der Waals surface area contributed by atoms with Crippen molar-refractivity contribution < 1.29 is 0 Å². The maximum atomic E-state index is 4.62. The first kappa shape index (κ1) is 12.0. The van der Waals surface area contributed by atoms with Crippen LogP contribution in [-0.4, -0.2) is 35.0 Å². The molecular weight excluding hydrogens is 298 g/mol. The van der Waals surface area contributed by atoms with Crippen LogP contribution in [0.3, 0.4) is 0 Å². The summed E-state index contributed by atoms with van der Waals surface area (Å²) in [5.74, 6) is 0.702. The van der Waals surface area contributed by atoms with Crippen LogP contribution in [-0.2, 0) is 12.8 Å². The predicted molar refractivity (Wildman–Crippen MR) is 81.5 cm³/mol. The number of fused-ring (bicyclic) bond motifs is 2. The number of rotatable bonds is 2. The highest BCUT2D eigenvalue weighted by molar-refractivity contribution is 7.19. The summed E-state index contributed by atoms with van der Waals surface area (Å²) >= 11 is 1.48. The fourth-order valence-corrected chi connectivity index (χ4v) is 3.68. The first-order chi connectivity index (χ1) is 10.9. The number of aryl methyl sites for hydroxylation is 1. The normalized spacial score (nSPS) is 13.8. The predicted octanol–water partition coefficient (Wildman–Crippen LogP) is 2.13. The van der Waals surface area contributed by atoms with Crippen LogP contribution in [0.15, 0.2) is 24.4 Å². The van der Waals surface area contributed by atoms with E-state index in [-0.39, 0.29) is 0 Å². The fraction of sp³-hybridized carbons (Fsp3) is 0.214. The topological polar surface area (TPSA) is 84.7 Å². The van der Waals surface area contributed by atoms with Crippen molar-refractivity contribution in [2.24, 2.45) is 0 Å². The molecule has 0 bridgehead atoms. The molecule has 1 aliphatic rings.